The lowest BCUT2D eigenvalue weighted by Gasteiger charge is -2.20. The molecule has 0 saturated heterocycles. The highest BCUT2D eigenvalue weighted by Gasteiger charge is 2.25. The number of hydrogen-bond donors (Lipinski definition) is 2. The molecule has 0 spiro atoms. The lowest BCUT2D eigenvalue weighted by atomic mass is 10.1. The van der Waals surface area contributed by atoms with Gasteiger partial charge in [-0.2, -0.15) is 0 Å². The van der Waals surface area contributed by atoms with Crippen LogP contribution in [0.3, 0.4) is 0 Å². The predicted octanol–water partition coefficient (Wildman–Crippen LogP) is 12.4. The van der Waals surface area contributed by atoms with Gasteiger partial charge in [-0.05, 0) is 64.2 Å². The highest BCUT2D eigenvalue weighted by molar-refractivity contribution is 7.47. The van der Waals surface area contributed by atoms with E-state index in [1.807, 2.05) is 0 Å². The average Bonchev–Trinajstić information content (AvgIpc) is 3.15. The zero-order chi connectivity index (χ0) is 38.8. The largest absolute Gasteiger partial charge is 0.472 e. The molecule has 3 N–H and O–H groups in total. The monoisotopic (exact) mass is 764 g/mol. The summed E-state index contributed by atoms with van der Waals surface area (Å²) in [4.78, 5) is 22.4. The van der Waals surface area contributed by atoms with Crippen LogP contribution < -0.4 is 5.73 Å². The quantitative estimate of drug-likeness (QED) is 0.0275. The molecule has 2 unspecified atom stereocenters. The molecule has 53 heavy (non-hydrogen) atoms. The number of nitrogens with two attached hydrogens (primary N) is 1. The Morgan fingerprint density at radius 2 is 1.06 bits per heavy atom. The molecule has 0 aromatic rings. The van der Waals surface area contributed by atoms with Crippen LogP contribution in [0.4, 0.5) is 0 Å². The second-order valence-electron chi connectivity index (χ2n) is 13.5. The van der Waals surface area contributed by atoms with Gasteiger partial charge < -0.3 is 20.1 Å². The maximum absolute atomic E-state index is 12.5. The highest BCUT2D eigenvalue weighted by Crippen LogP contribution is 2.43. The van der Waals surface area contributed by atoms with Gasteiger partial charge >= 0.3 is 13.8 Å². The Kier molecular flexibility index (Phi) is 39.5. The molecule has 0 aromatic carbocycles. The van der Waals surface area contributed by atoms with Crippen LogP contribution in [0.5, 0.6) is 0 Å². The zero-order valence-corrected chi connectivity index (χ0v) is 34.6. The van der Waals surface area contributed by atoms with Crippen molar-refractivity contribution in [1.82, 2.24) is 0 Å². The van der Waals surface area contributed by atoms with Crippen LogP contribution in [0.2, 0.25) is 0 Å². The van der Waals surface area contributed by atoms with Crippen LogP contribution in [0.1, 0.15) is 162 Å². The number of rotatable bonds is 39. The van der Waals surface area contributed by atoms with Crippen LogP contribution in [-0.4, -0.2) is 49.9 Å². The van der Waals surface area contributed by atoms with Gasteiger partial charge in [0.25, 0.3) is 0 Å². The van der Waals surface area contributed by atoms with Crippen molar-refractivity contribution in [3.05, 3.63) is 72.9 Å². The molecule has 0 aromatic heterocycles. The van der Waals surface area contributed by atoms with E-state index in [2.05, 4.69) is 86.8 Å². The number of esters is 1. The van der Waals surface area contributed by atoms with E-state index in [4.69, 9.17) is 24.3 Å². The Balaban J connectivity index is 4.05. The minimum Gasteiger partial charge on any atom is -0.457 e. The van der Waals surface area contributed by atoms with Crippen LogP contribution >= 0.6 is 7.82 Å². The Hall–Kier alpha value is -2.06. The maximum Gasteiger partial charge on any atom is 0.472 e. The molecule has 0 aliphatic heterocycles. The lowest BCUT2D eigenvalue weighted by Crippen LogP contribution is -2.28. The first-order valence-corrected chi connectivity index (χ1v) is 22.4. The first kappa shape index (κ1) is 50.9. The number of phosphoric acid groups is 1. The molecular formula is C44H78NO7P. The van der Waals surface area contributed by atoms with E-state index in [0.717, 1.165) is 83.5 Å². The molecule has 9 heteroatoms. The zero-order valence-electron chi connectivity index (χ0n) is 33.7. The van der Waals surface area contributed by atoms with Gasteiger partial charge in [0.05, 0.1) is 19.8 Å². The van der Waals surface area contributed by atoms with Crippen molar-refractivity contribution in [2.45, 2.75) is 168 Å². The van der Waals surface area contributed by atoms with Crippen LogP contribution in [-0.2, 0) is 27.9 Å². The van der Waals surface area contributed by atoms with Crippen molar-refractivity contribution in [3.8, 4) is 0 Å². The van der Waals surface area contributed by atoms with Crippen molar-refractivity contribution in [2.75, 3.05) is 33.0 Å². The van der Waals surface area contributed by atoms with E-state index in [0.29, 0.717) is 13.0 Å². The highest BCUT2D eigenvalue weighted by atomic mass is 31.2. The number of ether oxygens (including phenoxy) is 2. The van der Waals surface area contributed by atoms with E-state index in [1.165, 1.54) is 57.8 Å². The van der Waals surface area contributed by atoms with E-state index < -0.39 is 13.9 Å². The first-order valence-electron chi connectivity index (χ1n) is 20.9. The predicted molar refractivity (Wildman–Crippen MR) is 224 cm³/mol. The molecule has 0 amide bonds. The van der Waals surface area contributed by atoms with Gasteiger partial charge in [0.2, 0.25) is 0 Å². The third-order valence-electron chi connectivity index (χ3n) is 8.39. The van der Waals surface area contributed by atoms with Gasteiger partial charge in [0.15, 0.2) is 0 Å². The van der Waals surface area contributed by atoms with Gasteiger partial charge in [0, 0.05) is 19.6 Å². The molecule has 306 valence electrons. The number of allylic oxidation sites excluding steroid dienone is 12. The second kappa shape index (κ2) is 41.1. The Bertz CT molecular complexity index is 1040. The summed E-state index contributed by atoms with van der Waals surface area (Å²) in [5, 5.41) is 0. The smallest absolute Gasteiger partial charge is 0.457 e. The summed E-state index contributed by atoms with van der Waals surface area (Å²) in [5.74, 6) is -0.343. The van der Waals surface area contributed by atoms with Gasteiger partial charge in [-0.1, -0.05) is 164 Å². The van der Waals surface area contributed by atoms with Crippen molar-refractivity contribution in [3.63, 3.8) is 0 Å². The number of hydrogen-bond acceptors (Lipinski definition) is 7. The fraction of sp³-hybridized carbons (Fsp3) is 0.705. The third-order valence-corrected chi connectivity index (χ3v) is 9.37. The van der Waals surface area contributed by atoms with E-state index in [-0.39, 0.29) is 32.3 Å². The molecule has 0 saturated carbocycles. The van der Waals surface area contributed by atoms with Gasteiger partial charge in [-0.15, -0.1) is 0 Å². The molecule has 8 nitrogen and oxygen atoms in total. The first-order chi connectivity index (χ1) is 25.9. The molecule has 0 fully saturated rings. The average molecular weight is 764 g/mol. The van der Waals surface area contributed by atoms with E-state index >= 15 is 0 Å². The molecule has 0 bridgehead atoms. The SMILES string of the molecule is CC/C=C\C/C=C\C/C=C\C/C=C\C/C=C\C/C=C\CCCCCCCOCC(COP(=O)(O)OCCN)OC(=O)CCCCCCCCCCCC. The standard InChI is InChI=1S/C44H78NO7P/c1-3-5-7-9-11-13-15-16-17-18-19-20-21-22-23-24-25-26-27-28-30-32-34-36-39-49-41-43(42-51-53(47,48)50-40-38-45)52-44(46)37-35-33-31-29-14-12-10-8-6-4-2/h5,7,11,13,16-17,19-20,22-23,25-26,43H,3-4,6,8-10,12,14-15,18,21,24,27-42,45H2,1-2H3,(H,47,48)/b7-5-,13-11-,17-16-,20-19-,23-22-,26-25-. The molecule has 0 rings (SSSR count). The lowest BCUT2D eigenvalue weighted by molar-refractivity contribution is -0.154. The summed E-state index contributed by atoms with van der Waals surface area (Å²) in [6.45, 7) is 4.73. The second-order valence-corrected chi connectivity index (χ2v) is 14.9. The molecule has 0 heterocycles. The molecular weight excluding hydrogens is 685 g/mol. The van der Waals surface area contributed by atoms with Crippen molar-refractivity contribution in [1.29, 1.82) is 0 Å². The fourth-order valence-corrected chi connectivity index (χ4v) is 6.12. The summed E-state index contributed by atoms with van der Waals surface area (Å²) < 4.78 is 33.3. The Morgan fingerprint density at radius 1 is 0.585 bits per heavy atom. The minimum absolute atomic E-state index is 0.0940. The minimum atomic E-state index is -4.28. The fourth-order valence-electron chi connectivity index (χ4n) is 5.35. The van der Waals surface area contributed by atoms with Gasteiger partial charge in [-0.25, -0.2) is 4.57 Å². The van der Waals surface area contributed by atoms with Crippen molar-refractivity contribution < 1.29 is 32.8 Å². The summed E-state index contributed by atoms with van der Waals surface area (Å²) in [5.41, 5.74) is 5.35. The van der Waals surface area contributed by atoms with Gasteiger partial charge in [0.1, 0.15) is 6.10 Å². The number of phosphoric ester groups is 1. The molecule has 0 aliphatic carbocycles. The topological polar surface area (TPSA) is 117 Å². The van der Waals surface area contributed by atoms with E-state index in [9.17, 15) is 14.3 Å². The summed E-state index contributed by atoms with van der Waals surface area (Å²) in [6.07, 6.45) is 50.7. The van der Waals surface area contributed by atoms with Crippen LogP contribution in [0, 0.1) is 0 Å². The molecule has 0 radical (unpaired) electrons. The van der Waals surface area contributed by atoms with Crippen molar-refractivity contribution >= 4 is 13.8 Å². The molecule has 2 atom stereocenters. The number of carbonyl (C=O) groups is 1. The number of carbonyl (C=O) groups excluding carboxylic acids is 1. The normalized spacial score (nSPS) is 14.3. The van der Waals surface area contributed by atoms with Crippen LogP contribution in [0.15, 0.2) is 72.9 Å². The Labute approximate surface area is 325 Å². The van der Waals surface area contributed by atoms with Gasteiger partial charge in [-0.3, -0.25) is 13.8 Å². The summed E-state index contributed by atoms with van der Waals surface area (Å²) in [6, 6.07) is 0. The van der Waals surface area contributed by atoms with E-state index in [1.54, 1.807) is 0 Å². The summed E-state index contributed by atoms with van der Waals surface area (Å²) in [7, 11) is -4.28. The summed E-state index contributed by atoms with van der Waals surface area (Å²) >= 11 is 0. The van der Waals surface area contributed by atoms with Crippen LogP contribution in [0.25, 0.3) is 0 Å². The number of unbranched alkanes of at least 4 members (excludes halogenated alkanes) is 14. The van der Waals surface area contributed by atoms with Crippen molar-refractivity contribution in [2.24, 2.45) is 5.73 Å². The molecule has 0 aliphatic rings. The maximum atomic E-state index is 12.5. The third kappa shape index (κ3) is 41.0. The Morgan fingerprint density at radius 3 is 1.58 bits per heavy atom.